The highest BCUT2D eigenvalue weighted by Crippen LogP contribution is 2.19. The molecule has 1 heterocycles. The molecule has 0 unspecified atom stereocenters. The lowest BCUT2D eigenvalue weighted by atomic mass is 10.1. The number of carboxylic acid groups (broad SMARTS) is 1. The van der Waals surface area contributed by atoms with Crippen molar-refractivity contribution in [2.75, 3.05) is 32.8 Å². The van der Waals surface area contributed by atoms with Gasteiger partial charge in [0.25, 0.3) is 0 Å². The Balaban J connectivity index is 1.87. The summed E-state index contributed by atoms with van der Waals surface area (Å²) in [7, 11) is 0. The summed E-state index contributed by atoms with van der Waals surface area (Å²) in [5, 5.41) is 14.7. The minimum Gasteiger partial charge on any atom is -0.488 e. The average molecular weight is 436 g/mol. The number of rotatable bonds is 9. The summed E-state index contributed by atoms with van der Waals surface area (Å²) >= 11 is 0. The van der Waals surface area contributed by atoms with Crippen LogP contribution in [0.15, 0.2) is 24.3 Å². The van der Waals surface area contributed by atoms with E-state index >= 15 is 0 Å². The normalized spacial score (nSPS) is 16.8. The molecule has 0 spiro atoms. The maximum atomic E-state index is 12.4. The van der Waals surface area contributed by atoms with E-state index in [1.54, 1.807) is 24.3 Å². The van der Waals surface area contributed by atoms with Gasteiger partial charge in [-0.05, 0) is 45.4 Å². The molecule has 1 aliphatic rings. The fourth-order valence-electron chi connectivity index (χ4n) is 3.09. The number of amides is 2. The smallest absolute Gasteiger partial charge is 0.326 e. The summed E-state index contributed by atoms with van der Waals surface area (Å²) in [5.74, 6) is -1.29. The lowest BCUT2D eigenvalue weighted by Gasteiger charge is -2.26. The SMILES string of the molecule is C[C@H](NC(=O)CN1CCOCC1)C(=O)N[C@@H](Cc1ccc(OC(C)(C)C)cc1)C(=O)O. The number of nitrogens with zero attached hydrogens (tertiary/aromatic N) is 1. The van der Waals surface area contributed by atoms with Gasteiger partial charge in [-0.25, -0.2) is 4.79 Å². The maximum Gasteiger partial charge on any atom is 0.326 e. The highest BCUT2D eigenvalue weighted by molar-refractivity contribution is 5.90. The van der Waals surface area contributed by atoms with E-state index in [1.165, 1.54) is 6.92 Å². The summed E-state index contributed by atoms with van der Waals surface area (Å²) in [4.78, 5) is 38.2. The molecule has 172 valence electrons. The minimum atomic E-state index is -1.14. The minimum absolute atomic E-state index is 0.116. The fraction of sp³-hybridized carbons (Fsp3) is 0.591. The second kappa shape index (κ2) is 11.1. The molecule has 3 N–H and O–H groups in total. The van der Waals surface area contributed by atoms with Crippen LogP contribution < -0.4 is 15.4 Å². The Hall–Kier alpha value is -2.65. The lowest BCUT2D eigenvalue weighted by molar-refractivity contribution is -0.142. The van der Waals surface area contributed by atoms with Crippen LogP contribution in [0.3, 0.4) is 0 Å². The first-order valence-corrected chi connectivity index (χ1v) is 10.4. The van der Waals surface area contributed by atoms with Gasteiger partial charge >= 0.3 is 5.97 Å². The largest absolute Gasteiger partial charge is 0.488 e. The van der Waals surface area contributed by atoms with Crippen molar-refractivity contribution in [1.82, 2.24) is 15.5 Å². The van der Waals surface area contributed by atoms with Crippen LogP contribution in [0.4, 0.5) is 0 Å². The number of carbonyl (C=O) groups excluding carboxylic acids is 2. The molecule has 9 heteroatoms. The van der Waals surface area contributed by atoms with Gasteiger partial charge in [0.15, 0.2) is 0 Å². The van der Waals surface area contributed by atoms with Gasteiger partial charge in [0.2, 0.25) is 11.8 Å². The van der Waals surface area contributed by atoms with Gasteiger partial charge in [-0.3, -0.25) is 14.5 Å². The van der Waals surface area contributed by atoms with Crippen molar-refractivity contribution in [2.45, 2.75) is 51.8 Å². The molecule has 0 aromatic heterocycles. The molecule has 31 heavy (non-hydrogen) atoms. The van der Waals surface area contributed by atoms with Gasteiger partial charge in [-0.15, -0.1) is 0 Å². The third kappa shape index (κ3) is 8.94. The topological polar surface area (TPSA) is 117 Å². The maximum absolute atomic E-state index is 12.4. The van der Waals surface area contributed by atoms with Crippen molar-refractivity contribution in [2.24, 2.45) is 0 Å². The van der Waals surface area contributed by atoms with Crippen molar-refractivity contribution in [3.05, 3.63) is 29.8 Å². The van der Waals surface area contributed by atoms with Crippen LogP contribution in [0.25, 0.3) is 0 Å². The monoisotopic (exact) mass is 435 g/mol. The molecule has 1 aliphatic heterocycles. The number of ether oxygens (including phenoxy) is 2. The van der Waals surface area contributed by atoms with E-state index < -0.39 is 24.0 Å². The summed E-state index contributed by atoms with van der Waals surface area (Å²) in [6, 6.07) is 5.14. The van der Waals surface area contributed by atoms with Crippen molar-refractivity contribution >= 4 is 17.8 Å². The highest BCUT2D eigenvalue weighted by atomic mass is 16.5. The first-order chi connectivity index (χ1) is 14.5. The van der Waals surface area contributed by atoms with Crippen LogP contribution >= 0.6 is 0 Å². The number of benzene rings is 1. The Labute approximate surface area is 183 Å². The van der Waals surface area contributed by atoms with E-state index in [-0.39, 0.29) is 24.5 Å². The number of carbonyl (C=O) groups is 3. The second-order valence-corrected chi connectivity index (χ2v) is 8.64. The van der Waals surface area contributed by atoms with Crippen molar-refractivity contribution in [3.8, 4) is 5.75 Å². The van der Waals surface area contributed by atoms with E-state index in [2.05, 4.69) is 10.6 Å². The zero-order chi connectivity index (χ0) is 23.0. The number of morpholine rings is 1. The molecule has 2 amide bonds. The molecule has 1 aromatic rings. The van der Waals surface area contributed by atoms with Gasteiger partial charge in [0, 0.05) is 19.5 Å². The van der Waals surface area contributed by atoms with E-state index in [0.29, 0.717) is 32.1 Å². The molecule has 1 aromatic carbocycles. The van der Waals surface area contributed by atoms with Gasteiger partial charge in [-0.2, -0.15) is 0 Å². The van der Waals surface area contributed by atoms with Gasteiger partial charge in [0.1, 0.15) is 23.4 Å². The number of nitrogens with one attached hydrogen (secondary N) is 2. The molecule has 2 atom stereocenters. The summed E-state index contributed by atoms with van der Waals surface area (Å²) in [5.41, 5.74) is 0.416. The number of hydrogen-bond donors (Lipinski definition) is 3. The Morgan fingerprint density at radius 1 is 1.13 bits per heavy atom. The van der Waals surface area contributed by atoms with Crippen LogP contribution in [0, 0.1) is 0 Å². The molecule has 1 saturated heterocycles. The number of carboxylic acids is 1. The van der Waals surface area contributed by atoms with E-state index in [0.717, 1.165) is 5.56 Å². The summed E-state index contributed by atoms with van der Waals surface area (Å²) in [6.45, 7) is 10.0. The predicted octanol–water partition coefficient (Wildman–Crippen LogP) is 0.813. The molecular weight excluding hydrogens is 402 g/mol. The molecule has 2 rings (SSSR count). The Morgan fingerprint density at radius 3 is 2.29 bits per heavy atom. The number of aliphatic carboxylic acids is 1. The lowest BCUT2D eigenvalue weighted by Crippen LogP contribution is -2.53. The quantitative estimate of drug-likeness (QED) is 0.526. The van der Waals surface area contributed by atoms with Crippen LogP contribution in [-0.2, 0) is 25.5 Å². The van der Waals surface area contributed by atoms with Crippen LogP contribution in [0.2, 0.25) is 0 Å². The van der Waals surface area contributed by atoms with Gasteiger partial charge < -0.3 is 25.2 Å². The molecular formula is C22H33N3O6. The van der Waals surface area contributed by atoms with Crippen LogP contribution in [-0.4, -0.2) is 78.3 Å². The summed E-state index contributed by atoms with van der Waals surface area (Å²) < 4.78 is 11.0. The Bertz CT molecular complexity index is 754. The summed E-state index contributed by atoms with van der Waals surface area (Å²) in [6.07, 6.45) is 0.116. The standard InChI is InChI=1S/C22H33N3O6/c1-15(23-19(26)14-25-9-11-30-12-10-25)20(27)24-18(21(28)29)13-16-5-7-17(8-6-16)31-22(2,3)4/h5-8,15,18H,9-14H2,1-4H3,(H,23,26)(H,24,27)(H,28,29)/t15-,18-/m0/s1. The van der Waals surface area contributed by atoms with Crippen LogP contribution in [0.1, 0.15) is 33.3 Å². The zero-order valence-corrected chi connectivity index (χ0v) is 18.6. The van der Waals surface area contributed by atoms with Gasteiger partial charge in [0.05, 0.1) is 19.8 Å². The molecule has 0 radical (unpaired) electrons. The third-order valence-electron chi connectivity index (χ3n) is 4.64. The Kier molecular flexibility index (Phi) is 8.82. The number of hydrogen-bond acceptors (Lipinski definition) is 6. The molecule has 9 nitrogen and oxygen atoms in total. The molecule has 1 fully saturated rings. The van der Waals surface area contributed by atoms with Crippen LogP contribution in [0.5, 0.6) is 5.75 Å². The van der Waals surface area contributed by atoms with Gasteiger partial charge in [-0.1, -0.05) is 12.1 Å². The highest BCUT2D eigenvalue weighted by Gasteiger charge is 2.25. The first-order valence-electron chi connectivity index (χ1n) is 10.4. The molecule has 0 saturated carbocycles. The molecule has 0 aliphatic carbocycles. The van der Waals surface area contributed by atoms with E-state index in [9.17, 15) is 19.5 Å². The average Bonchev–Trinajstić information content (AvgIpc) is 2.68. The predicted molar refractivity (Wildman–Crippen MR) is 115 cm³/mol. The van der Waals surface area contributed by atoms with E-state index in [4.69, 9.17) is 9.47 Å². The second-order valence-electron chi connectivity index (χ2n) is 8.64. The van der Waals surface area contributed by atoms with Crippen molar-refractivity contribution < 1.29 is 29.0 Å². The van der Waals surface area contributed by atoms with E-state index in [1.807, 2.05) is 25.7 Å². The zero-order valence-electron chi connectivity index (χ0n) is 18.6. The van der Waals surface area contributed by atoms with Crippen molar-refractivity contribution in [1.29, 1.82) is 0 Å². The first kappa shape index (κ1) is 24.6. The molecule has 0 bridgehead atoms. The Morgan fingerprint density at radius 2 is 1.74 bits per heavy atom. The van der Waals surface area contributed by atoms with Crippen molar-refractivity contribution in [3.63, 3.8) is 0 Å². The third-order valence-corrected chi connectivity index (χ3v) is 4.64. The fourth-order valence-corrected chi connectivity index (χ4v) is 3.09.